The largest absolute Gasteiger partial charge is 0.378 e. The number of fused-ring (bicyclic) bond motifs is 3. The average molecular weight is 401 g/mol. The summed E-state index contributed by atoms with van der Waals surface area (Å²) in [6, 6.07) is 12.9. The van der Waals surface area contributed by atoms with Crippen molar-refractivity contribution in [3.05, 3.63) is 59.4 Å². The van der Waals surface area contributed by atoms with E-state index in [2.05, 4.69) is 77.5 Å². The lowest BCUT2D eigenvalue weighted by molar-refractivity contribution is 0.563. The summed E-state index contributed by atoms with van der Waals surface area (Å²) >= 11 is 0. The molecule has 1 fully saturated rings. The Bertz CT molecular complexity index is 1210. The molecule has 0 aliphatic carbocycles. The van der Waals surface area contributed by atoms with E-state index in [1.54, 1.807) is 6.33 Å². The summed E-state index contributed by atoms with van der Waals surface area (Å²) in [6.07, 6.45) is 5.32. The number of nitrogens with one attached hydrogen (secondary N) is 1. The number of hydrogen-bond donors (Lipinski definition) is 1. The van der Waals surface area contributed by atoms with E-state index in [4.69, 9.17) is 4.98 Å². The van der Waals surface area contributed by atoms with Crippen LogP contribution in [0.5, 0.6) is 0 Å². The molecule has 1 aliphatic rings. The van der Waals surface area contributed by atoms with Crippen LogP contribution in [0.25, 0.3) is 16.6 Å². The molecule has 3 heterocycles. The van der Waals surface area contributed by atoms with Crippen LogP contribution in [-0.4, -0.2) is 32.7 Å². The monoisotopic (exact) mass is 400 g/mol. The Morgan fingerprint density at radius 2 is 1.83 bits per heavy atom. The number of aromatic nitrogens is 4. The van der Waals surface area contributed by atoms with Crippen molar-refractivity contribution >= 4 is 28.2 Å². The van der Waals surface area contributed by atoms with Crippen molar-refractivity contribution in [2.24, 2.45) is 0 Å². The van der Waals surface area contributed by atoms with Gasteiger partial charge in [-0.2, -0.15) is 9.61 Å². The van der Waals surface area contributed by atoms with Crippen molar-refractivity contribution in [1.29, 1.82) is 0 Å². The van der Waals surface area contributed by atoms with Crippen molar-refractivity contribution in [1.82, 2.24) is 19.6 Å². The van der Waals surface area contributed by atoms with Gasteiger partial charge in [-0.15, -0.1) is 0 Å². The average Bonchev–Trinajstić information content (AvgIpc) is 3.25. The fraction of sp³-hybridized carbons (Fsp3) is 0.375. The maximum Gasteiger partial charge on any atom is 0.229 e. The normalized spacial score (nSPS) is 15.6. The summed E-state index contributed by atoms with van der Waals surface area (Å²) in [5.41, 5.74) is 6.68. The van der Waals surface area contributed by atoms with Crippen LogP contribution in [0.15, 0.2) is 42.7 Å². The molecule has 6 nitrogen and oxygen atoms in total. The number of piperidine rings is 1. The van der Waals surface area contributed by atoms with Crippen LogP contribution in [-0.2, 0) is 0 Å². The highest BCUT2D eigenvalue weighted by Crippen LogP contribution is 2.32. The molecule has 1 aliphatic heterocycles. The van der Waals surface area contributed by atoms with E-state index < -0.39 is 0 Å². The molecule has 0 spiro atoms. The van der Waals surface area contributed by atoms with Gasteiger partial charge in [-0.1, -0.05) is 24.3 Å². The Balaban J connectivity index is 1.67. The highest BCUT2D eigenvalue weighted by molar-refractivity contribution is 5.95. The van der Waals surface area contributed by atoms with Gasteiger partial charge in [-0.3, -0.25) is 0 Å². The number of anilines is 2. The van der Waals surface area contributed by atoms with Crippen molar-refractivity contribution in [3.8, 4) is 0 Å². The standard InChI is InChI=1S/C24H28N6/c1-16-13-19(18(3)27-21-10-6-5-9-17(21)2)22-20(14-16)23-25-15-26-30(23)24(28-22)29-11-7-4-8-12-29/h5-6,9-10,13-15,18,27H,4,7-8,11-12H2,1-3H3. The van der Waals surface area contributed by atoms with Crippen LogP contribution in [0.3, 0.4) is 0 Å². The molecule has 2 aromatic carbocycles. The van der Waals surface area contributed by atoms with Gasteiger partial charge in [0.1, 0.15) is 6.33 Å². The smallest absolute Gasteiger partial charge is 0.229 e. The van der Waals surface area contributed by atoms with Gasteiger partial charge in [0.25, 0.3) is 0 Å². The number of aryl methyl sites for hydroxylation is 2. The topological polar surface area (TPSA) is 58.4 Å². The minimum absolute atomic E-state index is 0.112. The number of para-hydroxylation sites is 1. The molecule has 4 aromatic rings. The zero-order chi connectivity index (χ0) is 20.7. The SMILES string of the molecule is Cc1cc(C(C)Nc2ccccc2C)c2nc(N3CCCCC3)n3ncnc3c2c1. The zero-order valence-electron chi connectivity index (χ0n) is 17.9. The van der Waals surface area contributed by atoms with E-state index in [-0.39, 0.29) is 6.04 Å². The molecule has 30 heavy (non-hydrogen) atoms. The lowest BCUT2D eigenvalue weighted by atomic mass is 10.0. The molecule has 1 saturated heterocycles. The predicted octanol–water partition coefficient (Wildman–Crippen LogP) is 5.06. The minimum Gasteiger partial charge on any atom is -0.378 e. The van der Waals surface area contributed by atoms with Crippen LogP contribution < -0.4 is 10.2 Å². The van der Waals surface area contributed by atoms with E-state index in [9.17, 15) is 0 Å². The Labute approximate surface area is 177 Å². The fourth-order valence-corrected chi connectivity index (χ4v) is 4.50. The first kappa shape index (κ1) is 18.9. The van der Waals surface area contributed by atoms with Crippen LogP contribution >= 0.6 is 0 Å². The molecule has 2 aromatic heterocycles. The third kappa shape index (κ3) is 3.26. The number of benzene rings is 2. The van der Waals surface area contributed by atoms with Crippen LogP contribution in [0, 0.1) is 13.8 Å². The Morgan fingerprint density at radius 3 is 2.63 bits per heavy atom. The summed E-state index contributed by atoms with van der Waals surface area (Å²) in [7, 11) is 0. The second-order valence-corrected chi connectivity index (χ2v) is 8.39. The molecule has 0 radical (unpaired) electrons. The van der Waals surface area contributed by atoms with E-state index in [0.717, 1.165) is 41.3 Å². The summed E-state index contributed by atoms with van der Waals surface area (Å²) in [5.74, 6) is 0.905. The van der Waals surface area contributed by atoms with Gasteiger partial charge >= 0.3 is 0 Å². The van der Waals surface area contributed by atoms with Crippen molar-refractivity contribution in [2.45, 2.75) is 46.1 Å². The van der Waals surface area contributed by atoms with Gasteiger partial charge in [-0.25, -0.2) is 9.97 Å². The molecule has 0 amide bonds. The van der Waals surface area contributed by atoms with Gasteiger partial charge in [0, 0.05) is 29.7 Å². The predicted molar refractivity (Wildman–Crippen MR) is 122 cm³/mol. The first-order chi connectivity index (χ1) is 14.6. The maximum atomic E-state index is 5.17. The summed E-state index contributed by atoms with van der Waals surface area (Å²) in [6.45, 7) is 8.51. The molecule has 6 heteroatoms. The molecule has 154 valence electrons. The zero-order valence-corrected chi connectivity index (χ0v) is 17.9. The molecule has 5 rings (SSSR count). The number of rotatable bonds is 4. The Hall–Kier alpha value is -3.15. The maximum absolute atomic E-state index is 5.17. The lowest BCUT2D eigenvalue weighted by Crippen LogP contribution is -2.32. The fourth-order valence-electron chi connectivity index (χ4n) is 4.50. The third-order valence-electron chi connectivity index (χ3n) is 6.10. The van der Waals surface area contributed by atoms with Crippen molar-refractivity contribution in [2.75, 3.05) is 23.3 Å². The molecular formula is C24H28N6. The van der Waals surface area contributed by atoms with Gasteiger partial charge in [-0.05, 0) is 63.3 Å². The van der Waals surface area contributed by atoms with Crippen LogP contribution in [0.4, 0.5) is 11.6 Å². The molecule has 1 N–H and O–H groups in total. The molecule has 0 bridgehead atoms. The van der Waals surface area contributed by atoms with Crippen molar-refractivity contribution < 1.29 is 0 Å². The van der Waals surface area contributed by atoms with Gasteiger partial charge in [0.05, 0.1) is 11.6 Å². The first-order valence-electron chi connectivity index (χ1n) is 10.8. The summed E-state index contributed by atoms with van der Waals surface area (Å²) < 4.78 is 1.91. The van der Waals surface area contributed by atoms with Crippen LogP contribution in [0.1, 0.15) is 48.9 Å². The van der Waals surface area contributed by atoms with E-state index >= 15 is 0 Å². The van der Waals surface area contributed by atoms with Crippen molar-refractivity contribution in [3.63, 3.8) is 0 Å². The second kappa shape index (κ2) is 7.59. The van der Waals surface area contributed by atoms with E-state index in [0.29, 0.717) is 0 Å². The van der Waals surface area contributed by atoms with E-state index in [1.165, 1.54) is 36.0 Å². The minimum atomic E-state index is 0.112. The van der Waals surface area contributed by atoms with Gasteiger partial charge in [0.2, 0.25) is 5.95 Å². The lowest BCUT2D eigenvalue weighted by Gasteiger charge is -2.28. The molecular weight excluding hydrogens is 372 g/mol. The Kier molecular flexibility index (Phi) is 4.77. The van der Waals surface area contributed by atoms with E-state index in [1.807, 2.05) is 4.52 Å². The summed E-state index contributed by atoms with van der Waals surface area (Å²) in [4.78, 5) is 12.1. The second-order valence-electron chi connectivity index (χ2n) is 8.39. The summed E-state index contributed by atoms with van der Waals surface area (Å²) in [5, 5.41) is 9.26. The third-order valence-corrected chi connectivity index (χ3v) is 6.10. The first-order valence-corrected chi connectivity index (χ1v) is 10.8. The number of hydrogen-bond acceptors (Lipinski definition) is 5. The molecule has 1 atom stereocenters. The number of nitrogens with zero attached hydrogens (tertiary/aromatic N) is 5. The Morgan fingerprint density at radius 1 is 1.03 bits per heavy atom. The van der Waals surface area contributed by atoms with Gasteiger partial charge < -0.3 is 10.2 Å². The molecule has 0 saturated carbocycles. The van der Waals surface area contributed by atoms with Crippen LogP contribution in [0.2, 0.25) is 0 Å². The molecule has 1 unspecified atom stereocenters. The quantitative estimate of drug-likeness (QED) is 0.519. The van der Waals surface area contributed by atoms with Gasteiger partial charge in [0.15, 0.2) is 5.65 Å². The highest BCUT2D eigenvalue weighted by atomic mass is 15.4. The highest BCUT2D eigenvalue weighted by Gasteiger charge is 2.21.